The van der Waals surface area contributed by atoms with Gasteiger partial charge in [-0.3, -0.25) is 14.9 Å². The van der Waals surface area contributed by atoms with Crippen LogP contribution in [-0.2, 0) is 16.0 Å². The van der Waals surface area contributed by atoms with Crippen LogP contribution in [0.25, 0.3) is 0 Å². The first kappa shape index (κ1) is 15.2. The number of urea groups is 1. The van der Waals surface area contributed by atoms with E-state index in [4.69, 9.17) is 11.6 Å². The molecule has 1 fully saturated rings. The number of nitrogens with zero attached hydrogens (tertiary/aromatic N) is 1. The number of hydrogen-bond acceptors (Lipinski definition) is 3. The standard InChI is InChI=1S/C17H13ClN2O3/c18-17(11-12-7-3-1-4-8-12)14(21)19-16(23)20(15(17)22)13-9-5-2-6-10-13/h1-10H,11H2,(H,19,21,23). The monoisotopic (exact) mass is 328 g/mol. The van der Waals surface area contributed by atoms with Gasteiger partial charge in [0, 0.05) is 6.42 Å². The predicted molar refractivity (Wildman–Crippen MR) is 86.2 cm³/mol. The molecule has 0 saturated carbocycles. The third kappa shape index (κ3) is 2.71. The number of hydrogen-bond donors (Lipinski definition) is 1. The maximum Gasteiger partial charge on any atom is 0.335 e. The molecule has 1 N–H and O–H groups in total. The summed E-state index contributed by atoms with van der Waals surface area (Å²) in [6.45, 7) is 0. The number of para-hydroxylation sites is 1. The Morgan fingerprint density at radius 3 is 2.09 bits per heavy atom. The van der Waals surface area contributed by atoms with E-state index in [1.165, 1.54) is 0 Å². The highest BCUT2D eigenvalue weighted by molar-refractivity contribution is 6.52. The first-order valence-electron chi connectivity index (χ1n) is 7.00. The minimum absolute atomic E-state index is 0.00330. The van der Waals surface area contributed by atoms with Gasteiger partial charge in [0.2, 0.25) is 4.87 Å². The highest BCUT2D eigenvalue weighted by Crippen LogP contribution is 2.30. The van der Waals surface area contributed by atoms with Gasteiger partial charge in [-0.15, -0.1) is 0 Å². The van der Waals surface area contributed by atoms with Gasteiger partial charge in [-0.1, -0.05) is 60.1 Å². The van der Waals surface area contributed by atoms with Crippen molar-refractivity contribution in [2.75, 3.05) is 4.90 Å². The zero-order valence-corrected chi connectivity index (χ0v) is 12.8. The number of benzene rings is 2. The normalized spacial score (nSPS) is 21.3. The molecule has 1 atom stereocenters. The second kappa shape index (κ2) is 5.85. The second-order valence-corrected chi connectivity index (χ2v) is 5.84. The van der Waals surface area contributed by atoms with Crippen molar-refractivity contribution in [3.05, 3.63) is 66.2 Å². The van der Waals surface area contributed by atoms with Gasteiger partial charge in [-0.05, 0) is 17.7 Å². The van der Waals surface area contributed by atoms with Gasteiger partial charge in [0.15, 0.2) is 0 Å². The number of imide groups is 2. The van der Waals surface area contributed by atoms with E-state index in [-0.39, 0.29) is 6.42 Å². The van der Waals surface area contributed by atoms with E-state index in [0.717, 1.165) is 10.5 Å². The molecule has 3 rings (SSSR count). The molecule has 1 saturated heterocycles. The van der Waals surface area contributed by atoms with Crippen LogP contribution in [0.2, 0.25) is 0 Å². The van der Waals surface area contributed by atoms with Gasteiger partial charge in [0.25, 0.3) is 11.8 Å². The van der Waals surface area contributed by atoms with Crippen LogP contribution >= 0.6 is 11.6 Å². The highest BCUT2D eigenvalue weighted by atomic mass is 35.5. The van der Waals surface area contributed by atoms with Crippen molar-refractivity contribution in [2.45, 2.75) is 11.3 Å². The minimum atomic E-state index is -1.86. The van der Waals surface area contributed by atoms with Crippen molar-refractivity contribution in [1.29, 1.82) is 0 Å². The molecule has 23 heavy (non-hydrogen) atoms. The van der Waals surface area contributed by atoms with Crippen LogP contribution in [0.5, 0.6) is 0 Å². The maximum absolute atomic E-state index is 12.8. The Kier molecular flexibility index (Phi) is 3.88. The summed E-state index contributed by atoms with van der Waals surface area (Å²) in [6.07, 6.45) is -0.00330. The second-order valence-electron chi connectivity index (χ2n) is 5.20. The fourth-order valence-corrected chi connectivity index (χ4v) is 2.75. The lowest BCUT2D eigenvalue weighted by Gasteiger charge is -2.35. The third-order valence-electron chi connectivity index (χ3n) is 3.63. The molecular formula is C17H13ClN2O3. The summed E-state index contributed by atoms with van der Waals surface area (Å²) < 4.78 is 0. The molecule has 0 radical (unpaired) electrons. The fraction of sp³-hybridized carbons (Fsp3) is 0.118. The van der Waals surface area contributed by atoms with Crippen LogP contribution in [-0.4, -0.2) is 22.7 Å². The lowest BCUT2D eigenvalue weighted by Crippen LogP contribution is -2.66. The number of barbiturate groups is 1. The number of anilines is 1. The molecule has 0 bridgehead atoms. The summed E-state index contributed by atoms with van der Waals surface area (Å²) in [4.78, 5) is 36.1. The Morgan fingerprint density at radius 2 is 1.48 bits per heavy atom. The molecule has 0 spiro atoms. The van der Waals surface area contributed by atoms with E-state index in [1.807, 2.05) is 6.07 Å². The van der Waals surface area contributed by atoms with E-state index < -0.39 is 22.7 Å². The summed E-state index contributed by atoms with van der Waals surface area (Å²) >= 11 is 6.37. The van der Waals surface area contributed by atoms with Crippen molar-refractivity contribution in [3.8, 4) is 0 Å². The maximum atomic E-state index is 12.8. The Balaban J connectivity index is 1.98. The average molecular weight is 329 g/mol. The van der Waals surface area contributed by atoms with Crippen LogP contribution in [0.3, 0.4) is 0 Å². The first-order valence-corrected chi connectivity index (χ1v) is 7.38. The topological polar surface area (TPSA) is 66.5 Å². The van der Waals surface area contributed by atoms with Crippen LogP contribution in [0.15, 0.2) is 60.7 Å². The zero-order chi connectivity index (χ0) is 16.4. The molecule has 2 aromatic carbocycles. The summed E-state index contributed by atoms with van der Waals surface area (Å²) in [7, 11) is 0. The van der Waals surface area contributed by atoms with E-state index in [0.29, 0.717) is 5.69 Å². The molecule has 1 aliphatic rings. The SMILES string of the molecule is O=C1NC(=O)C(Cl)(Cc2ccccc2)C(=O)N1c1ccccc1. The van der Waals surface area contributed by atoms with Crippen molar-refractivity contribution >= 4 is 35.1 Å². The molecule has 4 amide bonds. The number of nitrogens with one attached hydrogen (secondary N) is 1. The van der Waals surface area contributed by atoms with Gasteiger partial charge in [-0.2, -0.15) is 0 Å². The van der Waals surface area contributed by atoms with Crippen molar-refractivity contribution < 1.29 is 14.4 Å². The average Bonchev–Trinajstić information content (AvgIpc) is 2.55. The molecule has 1 aliphatic heterocycles. The van der Waals surface area contributed by atoms with Gasteiger partial charge < -0.3 is 0 Å². The lowest BCUT2D eigenvalue weighted by atomic mass is 9.94. The van der Waals surface area contributed by atoms with Gasteiger partial charge in [0.05, 0.1) is 5.69 Å². The minimum Gasteiger partial charge on any atom is -0.275 e. The first-order chi connectivity index (χ1) is 11.0. The van der Waals surface area contributed by atoms with Crippen LogP contribution in [0.1, 0.15) is 5.56 Å². The number of rotatable bonds is 3. The van der Waals surface area contributed by atoms with Gasteiger partial charge in [-0.25, -0.2) is 9.69 Å². The Bertz CT molecular complexity index is 764. The molecular weight excluding hydrogens is 316 g/mol. The molecule has 1 heterocycles. The third-order valence-corrected chi connectivity index (χ3v) is 4.10. The highest BCUT2D eigenvalue weighted by Gasteiger charge is 2.53. The van der Waals surface area contributed by atoms with E-state index >= 15 is 0 Å². The molecule has 6 heteroatoms. The molecule has 0 aromatic heterocycles. The largest absolute Gasteiger partial charge is 0.335 e. The molecule has 1 unspecified atom stereocenters. The molecule has 0 aliphatic carbocycles. The molecule has 116 valence electrons. The number of carbonyl (C=O) groups excluding carboxylic acids is 3. The van der Waals surface area contributed by atoms with Crippen LogP contribution in [0.4, 0.5) is 10.5 Å². The molecule has 5 nitrogen and oxygen atoms in total. The van der Waals surface area contributed by atoms with Gasteiger partial charge >= 0.3 is 6.03 Å². The Morgan fingerprint density at radius 1 is 0.913 bits per heavy atom. The number of carbonyl (C=O) groups is 3. The fourth-order valence-electron chi connectivity index (χ4n) is 2.46. The zero-order valence-electron chi connectivity index (χ0n) is 12.0. The number of amides is 4. The predicted octanol–water partition coefficient (Wildman–Crippen LogP) is 2.49. The number of halogens is 1. The summed E-state index contributed by atoms with van der Waals surface area (Å²) in [5, 5.41) is 2.16. The van der Waals surface area contributed by atoms with Gasteiger partial charge in [0.1, 0.15) is 0 Å². The van der Waals surface area contributed by atoms with Crippen LogP contribution in [0, 0.1) is 0 Å². The van der Waals surface area contributed by atoms with Crippen molar-refractivity contribution in [3.63, 3.8) is 0 Å². The van der Waals surface area contributed by atoms with Crippen molar-refractivity contribution in [1.82, 2.24) is 5.32 Å². The lowest BCUT2D eigenvalue weighted by molar-refractivity contribution is -0.132. The quantitative estimate of drug-likeness (QED) is 0.695. The Labute approximate surface area is 137 Å². The van der Waals surface area contributed by atoms with E-state index in [1.54, 1.807) is 54.6 Å². The smallest absolute Gasteiger partial charge is 0.275 e. The summed E-state index contributed by atoms with van der Waals surface area (Å²) in [5.41, 5.74) is 1.09. The van der Waals surface area contributed by atoms with E-state index in [9.17, 15) is 14.4 Å². The summed E-state index contributed by atoms with van der Waals surface area (Å²) in [5.74, 6) is -1.55. The van der Waals surface area contributed by atoms with E-state index in [2.05, 4.69) is 5.32 Å². The summed E-state index contributed by atoms with van der Waals surface area (Å²) in [6, 6.07) is 16.5. The van der Waals surface area contributed by atoms with Crippen LogP contribution < -0.4 is 10.2 Å². The number of alkyl halides is 1. The van der Waals surface area contributed by atoms with Crippen molar-refractivity contribution in [2.24, 2.45) is 0 Å². The Hall–Kier alpha value is -2.66. The molecule has 2 aromatic rings.